The fourth-order valence-corrected chi connectivity index (χ4v) is 3.87. The van der Waals surface area contributed by atoms with Crippen molar-refractivity contribution in [2.24, 2.45) is 0 Å². The summed E-state index contributed by atoms with van der Waals surface area (Å²) in [5.74, 6) is 1.01. The van der Waals surface area contributed by atoms with E-state index in [9.17, 15) is 14.9 Å². The third kappa shape index (κ3) is 4.70. The first kappa shape index (κ1) is 23.2. The molecule has 1 aliphatic heterocycles. The van der Waals surface area contributed by atoms with Gasteiger partial charge >= 0.3 is 6.03 Å². The fourth-order valence-electron chi connectivity index (χ4n) is 3.87. The van der Waals surface area contributed by atoms with Crippen LogP contribution in [0.15, 0.2) is 24.3 Å². The monoisotopic (exact) mass is 438 g/mol. The number of nitriles is 1. The molecule has 2 aromatic rings. The predicted molar refractivity (Wildman–Crippen MR) is 122 cm³/mol. The number of piperazine rings is 1. The molecule has 0 atom stereocenters. The molecule has 0 bridgehead atoms. The lowest BCUT2D eigenvalue weighted by Gasteiger charge is -2.35. The molecule has 0 unspecified atom stereocenters. The SMILES string of the molecule is COc1ccc(-n2c(C)c(C)c(C#N)c2NC(=O)CN2CCN(C(=O)N(C)C)CC2)cc1. The standard InChI is InChI=1S/C23H30N6O3/c1-16-17(2)29(18-6-8-19(32-5)9-7-18)22(20(16)14-24)25-21(30)15-27-10-12-28(13-11-27)23(31)26(3)4/h6-9H,10-13,15H2,1-5H3,(H,25,30). The summed E-state index contributed by atoms with van der Waals surface area (Å²) < 4.78 is 7.12. The van der Waals surface area contributed by atoms with Gasteiger partial charge < -0.3 is 19.9 Å². The van der Waals surface area contributed by atoms with Crippen molar-refractivity contribution in [3.8, 4) is 17.5 Å². The maximum absolute atomic E-state index is 12.9. The highest BCUT2D eigenvalue weighted by Gasteiger charge is 2.25. The third-order valence-electron chi connectivity index (χ3n) is 5.81. The summed E-state index contributed by atoms with van der Waals surface area (Å²) in [4.78, 5) is 30.3. The second kappa shape index (κ2) is 9.75. The summed E-state index contributed by atoms with van der Waals surface area (Å²) in [6.45, 7) is 6.40. The first-order valence-corrected chi connectivity index (χ1v) is 10.5. The number of nitrogens with zero attached hydrogens (tertiary/aromatic N) is 5. The van der Waals surface area contributed by atoms with Crippen molar-refractivity contribution in [1.29, 1.82) is 5.26 Å². The van der Waals surface area contributed by atoms with Crippen molar-refractivity contribution in [2.45, 2.75) is 13.8 Å². The molecule has 1 aromatic carbocycles. The Hall–Kier alpha value is -3.51. The van der Waals surface area contributed by atoms with Crippen LogP contribution in [-0.4, -0.2) is 85.1 Å². The molecular formula is C23H30N6O3. The Labute approximate surface area is 188 Å². The zero-order valence-electron chi connectivity index (χ0n) is 19.3. The highest BCUT2D eigenvalue weighted by Crippen LogP contribution is 2.30. The summed E-state index contributed by atoms with van der Waals surface area (Å²) in [6.07, 6.45) is 0. The molecule has 1 aliphatic rings. The van der Waals surface area contributed by atoms with Gasteiger partial charge in [-0.2, -0.15) is 5.26 Å². The van der Waals surface area contributed by atoms with Crippen LogP contribution in [0, 0.1) is 25.2 Å². The zero-order chi connectivity index (χ0) is 23.4. The molecule has 1 fully saturated rings. The molecule has 0 aliphatic carbocycles. The molecule has 1 N–H and O–H groups in total. The van der Waals surface area contributed by atoms with E-state index in [0.29, 0.717) is 37.6 Å². The number of methoxy groups -OCH3 is 1. The van der Waals surface area contributed by atoms with E-state index in [0.717, 1.165) is 22.7 Å². The van der Waals surface area contributed by atoms with E-state index < -0.39 is 0 Å². The average molecular weight is 439 g/mol. The van der Waals surface area contributed by atoms with Gasteiger partial charge in [0.1, 0.15) is 17.6 Å². The smallest absolute Gasteiger partial charge is 0.319 e. The lowest BCUT2D eigenvalue weighted by atomic mass is 10.2. The molecule has 1 aromatic heterocycles. The Bertz CT molecular complexity index is 1030. The number of hydrogen-bond donors (Lipinski definition) is 1. The Kier molecular flexibility index (Phi) is 7.05. The van der Waals surface area contributed by atoms with E-state index >= 15 is 0 Å². The number of hydrogen-bond acceptors (Lipinski definition) is 5. The molecule has 3 rings (SSSR count). The highest BCUT2D eigenvalue weighted by atomic mass is 16.5. The maximum atomic E-state index is 12.9. The molecule has 170 valence electrons. The first-order valence-electron chi connectivity index (χ1n) is 10.5. The topological polar surface area (TPSA) is 93.8 Å². The number of nitrogens with one attached hydrogen (secondary N) is 1. The van der Waals surface area contributed by atoms with E-state index in [4.69, 9.17) is 4.74 Å². The summed E-state index contributed by atoms with van der Waals surface area (Å²) in [7, 11) is 5.07. The van der Waals surface area contributed by atoms with Crippen LogP contribution in [0.4, 0.5) is 10.6 Å². The summed E-state index contributed by atoms with van der Waals surface area (Å²) in [6, 6.07) is 9.69. The van der Waals surface area contributed by atoms with E-state index in [1.54, 1.807) is 31.0 Å². The van der Waals surface area contributed by atoms with Crippen molar-refractivity contribution in [1.82, 2.24) is 19.3 Å². The van der Waals surface area contributed by atoms with Gasteiger partial charge in [0.05, 0.1) is 19.2 Å². The second-order valence-electron chi connectivity index (χ2n) is 8.07. The number of benzene rings is 1. The van der Waals surface area contributed by atoms with Crippen molar-refractivity contribution in [2.75, 3.05) is 59.2 Å². The van der Waals surface area contributed by atoms with Crippen molar-refractivity contribution >= 4 is 17.8 Å². The minimum Gasteiger partial charge on any atom is -0.497 e. The highest BCUT2D eigenvalue weighted by molar-refractivity contribution is 5.93. The minimum absolute atomic E-state index is 0.0176. The molecule has 0 saturated carbocycles. The summed E-state index contributed by atoms with van der Waals surface area (Å²) in [5.41, 5.74) is 3.00. The van der Waals surface area contributed by atoms with Gasteiger partial charge in [-0.1, -0.05) is 0 Å². The van der Waals surface area contributed by atoms with Gasteiger partial charge in [0.25, 0.3) is 0 Å². The molecule has 2 heterocycles. The van der Waals surface area contributed by atoms with Gasteiger partial charge in [0.2, 0.25) is 5.91 Å². The van der Waals surface area contributed by atoms with Crippen LogP contribution >= 0.6 is 0 Å². The Morgan fingerprint density at radius 1 is 1.12 bits per heavy atom. The molecule has 3 amide bonds. The van der Waals surface area contributed by atoms with Crippen LogP contribution in [0.25, 0.3) is 5.69 Å². The Morgan fingerprint density at radius 3 is 2.28 bits per heavy atom. The number of urea groups is 1. The minimum atomic E-state index is -0.193. The summed E-state index contributed by atoms with van der Waals surface area (Å²) >= 11 is 0. The molecular weight excluding hydrogens is 408 g/mol. The second-order valence-corrected chi connectivity index (χ2v) is 8.07. The van der Waals surface area contributed by atoms with Gasteiger partial charge in [-0.15, -0.1) is 0 Å². The first-order chi connectivity index (χ1) is 15.3. The van der Waals surface area contributed by atoms with E-state index in [-0.39, 0.29) is 18.5 Å². The van der Waals surface area contributed by atoms with Crippen molar-refractivity contribution in [3.63, 3.8) is 0 Å². The van der Waals surface area contributed by atoms with Crippen LogP contribution in [-0.2, 0) is 4.79 Å². The molecule has 9 heteroatoms. The van der Waals surface area contributed by atoms with Crippen LogP contribution in [0.3, 0.4) is 0 Å². The number of carbonyl (C=O) groups excluding carboxylic acids is 2. The van der Waals surface area contributed by atoms with Gasteiger partial charge in [-0.05, 0) is 43.7 Å². The normalized spacial score (nSPS) is 14.1. The van der Waals surface area contributed by atoms with Crippen LogP contribution in [0.2, 0.25) is 0 Å². The summed E-state index contributed by atoms with van der Waals surface area (Å²) in [5, 5.41) is 12.7. The maximum Gasteiger partial charge on any atom is 0.319 e. The number of rotatable bonds is 5. The number of amides is 3. The molecule has 0 spiro atoms. The zero-order valence-corrected chi connectivity index (χ0v) is 19.3. The predicted octanol–water partition coefficient (Wildman–Crippen LogP) is 2.21. The molecule has 1 saturated heterocycles. The van der Waals surface area contributed by atoms with Crippen LogP contribution < -0.4 is 10.1 Å². The van der Waals surface area contributed by atoms with Gasteiger partial charge in [-0.25, -0.2) is 4.79 Å². The quantitative estimate of drug-likeness (QED) is 0.773. The van der Waals surface area contributed by atoms with E-state index in [1.807, 2.05) is 47.6 Å². The average Bonchev–Trinajstić information content (AvgIpc) is 3.02. The third-order valence-corrected chi connectivity index (χ3v) is 5.81. The van der Waals surface area contributed by atoms with E-state index in [1.165, 1.54) is 0 Å². The lowest BCUT2D eigenvalue weighted by Crippen LogP contribution is -2.52. The van der Waals surface area contributed by atoms with Gasteiger partial charge in [0.15, 0.2) is 0 Å². The Balaban J connectivity index is 1.75. The van der Waals surface area contributed by atoms with Crippen LogP contribution in [0.1, 0.15) is 16.8 Å². The molecule has 32 heavy (non-hydrogen) atoms. The van der Waals surface area contributed by atoms with Gasteiger partial charge in [-0.3, -0.25) is 14.3 Å². The van der Waals surface area contributed by atoms with Crippen LogP contribution in [0.5, 0.6) is 5.75 Å². The van der Waals surface area contributed by atoms with Crippen molar-refractivity contribution in [3.05, 3.63) is 41.1 Å². The molecule has 9 nitrogen and oxygen atoms in total. The number of anilines is 1. The number of carbonyl (C=O) groups is 2. The Morgan fingerprint density at radius 2 is 1.75 bits per heavy atom. The molecule has 0 radical (unpaired) electrons. The van der Waals surface area contributed by atoms with Crippen molar-refractivity contribution < 1.29 is 14.3 Å². The lowest BCUT2D eigenvalue weighted by molar-refractivity contribution is -0.117. The number of aromatic nitrogens is 1. The van der Waals surface area contributed by atoms with E-state index in [2.05, 4.69) is 11.4 Å². The number of ether oxygens (including phenoxy) is 1. The van der Waals surface area contributed by atoms with Gasteiger partial charge in [0, 0.05) is 51.7 Å². The largest absolute Gasteiger partial charge is 0.497 e. The fraction of sp³-hybridized carbons (Fsp3) is 0.435.